The first-order valence-corrected chi connectivity index (χ1v) is 5.55. The van der Waals surface area contributed by atoms with Gasteiger partial charge in [-0.3, -0.25) is 4.79 Å². The Bertz CT molecular complexity index is 236. The highest BCUT2D eigenvalue weighted by Crippen LogP contribution is 2.15. The second-order valence-corrected chi connectivity index (χ2v) is 3.74. The van der Waals surface area contributed by atoms with E-state index in [4.69, 9.17) is 9.84 Å². The minimum atomic E-state index is -1.12. The second-order valence-electron chi connectivity index (χ2n) is 3.74. The Hall–Kier alpha value is -1.10. The van der Waals surface area contributed by atoms with Crippen LogP contribution in [0.15, 0.2) is 0 Å². The van der Waals surface area contributed by atoms with Gasteiger partial charge in [-0.15, -0.1) is 0 Å². The van der Waals surface area contributed by atoms with Crippen molar-refractivity contribution in [2.24, 2.45) is 0 Å². The lowest BCUT2D eigenvalue weighted by Crippen LogP contribution is -2.53. The number of hydrogen-bond donors (Lipinski definition) is 2. The van der Waals surface area contributed by atoms with E-state index in [0.717, 1.165) is 0 Å². The lowest BCUT2D eigenvalue weighted by molar-refractivity contribution is -0.148. The van der Waals surface area contributed by atoms with Crippen molar-refractivity contribution in [1.82, 2.24) is 5.32 Å². The Morgan fingerprint density at radius 3 is 2.25 bits per heavy atom. The van der Waals surface area contributed by atoms with Crippen molar-refractivity contribution < 1.29 is 19.4 Å². The van der Waals surface area contributed by atoms with Crippen molar-refractivity contribution >= 4 is 11.9 Å². The van der Waals surface area contributed by atoms with Gasteiger partial charge in [0, 0.05) is 20.1 Å². The van der Waals surface area contributed by atoms with Crippen molar-refractivity contribution in [3.05, 3.63) is 0 Å². The SMILES string of the molecule is CCC(CC)(NC(=O)CCCOC)C(=O)O. The molecule has 0 heterocycles. The summed E-state index contributed by atoms with van der Waals surface area (Å²) in [5, 5.41) is 11.7. The maximum Gasteiger partial charge on any atom is 0.329 e. The fraction of sp³-hybridized carbons (Fsp3) is 0.818. The number of rotatable bonds is 8. The van der Waals surface area contributed by atoms with E-state index in [1.165, 1.54) is 0 Å². The van der Waals surface area contributed by atoms with Crippen LogP contribution in [0.3, 0.4) is 0 Å². The van der Waals surface area contributed by atoms with Gasteiger partial charge in [0.15, 0.2) is 0 Å². The largest absolute Gasteiger partial charge is 0.480 e. The fourth-order valence-corrected chi connectivity index (χ4v) is 1.49. The Balaban J connectivity index is 4.29. The molecular weight excluding hydrogens is 210 g/mol. The smallest absolute Gasteiger partial charge is 0.329 e. The maximum absolute atomic E-state index is 11.5. The predicted molar refractivity (Wildman–Crippen MR) is 60.2 cm³/mol. The van der Waals surface area contributed by atoms with Crippen LogP contribution >= 0.6 is 0 Å². The molecule has 0 aromatic heterocycles. The van der Waals surface area contributed by atoms with E-state index in [1.54, 1.807) is 21.0 Å². The van der Waals surface area contributed by atoms with Crippen LogP contribution in [0.4, 0.5) is 0 Å². The van der Waals surface area contributed by atoms with Gasteiger partial charge in [0.05, 0.1) is 0 Å². The van der Waals surface area contributed by atoms with Gasteiger partial charge in [0.25, 0.3) is 0 Å². The molecular formula is C11H21NO4. The summed E-state index contributed by atoms with van der Waals surface area (Å²) in [5.74, 6) is -1.21. The van der Waals surface area contributed by atoms with Gasteiger partial charge in [-0.2, -0.15) is 0 Å². The summed E-state index contributed by atoms with van der Waals surface area (Å²) in [6.07, 6.45) is 1.66. The fourth-order valence-electron chi connectivity index (χ4n) is 1.49. The second kappa shape index (κ2) is 7.22. The molecule has 5 nitrogen and oxygen atoms in total. The molecule has 1 amide bonds. The van der Waals surface area contributed by atoms with Crippen LogP contribution in [0.25, 0.3) is 0 Å². The molecule has 94 valence electrons. The van der Waals surface area contributed by atoms with E-state index in [1.807, 2.05) is 0 Å². The average Bonchev–Trinajstić information content (AvgIpc) is 2.26. The van der Waals surface area contributed by atoms with E-state index in [9.17, 15) is 9.59 Å². The van der Waals surface area contributed by atoms with Crippen LogP contribution in [0.2, 0.25) is 0 Å². The number of methoxy groups -OCH3 is 1. The third kappa shape index (κ3) is 4.18. The molecule has 0 aromatic carbocycles. The highest BCUT2D eigenvalue weighted by atomic mass is 16.5. The molecule has 0 spiro atoms. The van der Waals surface area contributed by atoms with Gasteiger partial charge in [-0.1, -0.05) is 13.8 Å². The third-order valence-corrected chi connectivity index (χ3v) is 2.75. The molecule has 0 radical (unpaired) electrons. The molecule has 0 aromatic rings. The maximum atomic E-state index is 11.5. The molecule has 0 aliphatic carbocycles. The highest BCUT2D eigenvalue weighted by molar-refractivity contribution is 5.86. The number of hydrogen-bond acceptors (Lipinski definition) is 3. The van der Waals surface area contributed by atoms with Crippen LogP contribution in [-0.2, 0) is 14.3 Å². The Kier molecular flexibility index (Phi) is 6.72. The summed E-state index contributed by atoms with van der Waals surface area (Å²) in [4.78, 5) is 22.6. The predicted octanol–water partition coefficient (Wildman–Crippen LogP) is 1.17. The quantitative estimate of drug-likeness (QED) is 0.615. The Labute approximate surface area is 96.2 Å². The number of carboxylic acid groups (broad SMARTS) is 1. The molecule has 0 fully saturated rings. The zero-order valence-electron chi connectivity index (χ0n) is 10.2. The number of aliphatic carboxylic acids is 1. The van der Waals surface area contributed by atoms with Crippen LogP contribution in [0, 0.1) is 0 Å². The summed E-state index contributed by atoms with van der Waals surface area (Å²) in [6.45, 7) is 4.02. The Morgan fingerprint density at radius 2 is 1.88 bits per heavy atom. The van der Waals surface area contributed by atoms with Gasteiger partial charge in [0.1, 0.15) is 5.54 Å². The van der Waals surface area contributed by atoms with Gasteiger partial charge in [-0.05, 0) is 19.3 Å². The van der Waals surface area contributed by atoms with Crippen molar-refractivity contribution in [1.29, 1.82) is 0 Å². The van der Waals surface area contributed by atoms with Gasteiger partial charge in [-0.25, -0.2) is 4.79 Å². The summed E-state index contributed by atoms with van der Waals surface area (Å²) in [6, 6.07) is 0. The minimum Gasteiger partial charge on any atom is -0.480 e. The zero-order chi connectivity index (χ0) is 12.6. The van der Waals surface area contributed by atoms with Gasteiger partial charge < -0.3 is 15.2 Å². The lowest BCUT2D eigenvalue weighted by Gasteiger charge is -2.28. The molecule has 0 aliphatic heterocycles. The van der Waals surface area contributed by atoms with E-state index in [0.29, 0.717) is 32.3 Å². The van der Waals surface area contributed by atoms with E-state index in [2.05, 4.69) is 5.32 Å². The minimum absolute atomic E-state index is 0.233. The first-order valence-electron chi connectivity index (χ1n) is 5.55. The van der Waals surface area contributed by atoms with Gasteiger partial charge >= 0.3 is 5.97 Å². The lowest BCUT2D eigenvalue weighted by atomic mass is 9.92. The molecule has 0 rings (SSSR count). The molecule has 0 bridgehead atoms. The van der Waals surface area contributed by atoms with Crippen molar-refractivity contribution in [3.8, 4) is 0 Å². The van der Waals surface area contributed by atoms with Crippen LogP contribution < -0.4 is 5.32 Å². The van der Waals surface area contributed by atoms with Crippen molar-refractivity contribution in [3.63, 3.8) is 0 Å². The average molecular weight is 231 g/mol. The molecule has 0 unspecified atom stereocenters. The molecule has 5 heteroatoms. The van der Waals surface area contributed by atoms with Crippen LogP contribution in [0.5, 0.6) is 0 Å². The van der Waals surface area contributed by atoms with Crippen LogP contribution in [0.1, 0.15) is 39.5 Å². The standard InChI is InChI=1S/C11H21NO4/c1-4-11(5-2,10(14)15)12-9(13)7-6-8-16-3/h4-8H2,1-3H3,(H,12,13)(H,14,15). The summed E-state index contributed by atoms with van der Waals surface area (Å²) < 4.78 is 4.83. The van der Waals surface area contributed by atoms with Crippen LogP contribution in [-0.4, -0.2) is 36.2 Å². The van der Waals surface area contributed by atoms with E-state index >= 15 is 0 Å². The molecule has 0 aliphatic rings. The third-order valence-electron chi connectivity index (χ3n) is 2.75. The molecule has 0 atom stereocenters. The summed E-state index contributed by atoms with van der Waals surface area (Å²) >= 11 is 0. The highest BCUT2D eigenvalue weighted by Gasteiger charge is 2.35. The van der Waals surface area contributed by atoms with Crippen molar-refractivity contribution in [2.75, 3.05) is 13.7 Å². The molecule has 0 saturated heterocycles. The first kappa shape index (κ1) is 14.9. The summed E-state index contributed by atoms with van der Waals surface area (Å²) in [5.41, 5.74) is -1.12. The number of ether oxygens (including phenoxy) is 1. The molecule has 16 heavy (non-hydrogen) atoms. The zero-order valence-corrected chi connectivity index (χ0v) is 10.2. The van der Waals surface area contributed by atoms with E-state index in [-0.39, 0.29) is 5.91 Å². The van der Waals surface area contributed by atoms with E-state index < -0.39 is 11.5 Å². The first-order chi connectivity index (χ1) is 7.52. The monoisotopic (exact) mass is 231 g/mol. The molecule has 0 saturated carbocycles. The summed E-state index contributed by atoms with van der Waals surface area (Å²) in [7, 11) is 1.57. The molecule has 2 N–H and O–H groups in total. The number of carbonyl (C=O) groups is 2. The number of carboxylic acids is 1. The Morgan fingerprint density at radius 1 is 1.31 bits per heavy atom. The number of carbonyl (C=O) groups excluding carboxylic acids is 1. The van der Waals surface area contributed by atoms with Gasteiger partial charge in [0.2, 0.25) is 5.91 Å². The number of nitrogens with one attached hydrogen (secondary N) is 1. The number of amides is 1. The van der Waals surface area contributed by atoms with Crippen molar-refractivity contribution in [2.45, 2.75) is 45.1 Å². The topological polar surface area (TPSA) is 75.6 Å². The normalized spacial score (nSPS) is 11.2.